The lowest BCUT2D eigenvalue weighted by molar-refractivity contribution is 0.276. The number of aliphatic hydroxyl groups excluding tert-OH is 1. The maximum Gasteiger partial charge on any atom is 0.182 e. The minimum Gasteiger partial charge on any atom is -0.396 e. The summed E-state index contributed by atoms with van der Waals surface area (Å²) in [6, 6.07) is 8.05. The highest BCUT2D eigenvalue weighted by atomic mass is 16.3. The van der Waals surface area contributed by atoms with Crippen LogP contribution in [0, 0.1) is 6.92 Å². The van der Waals surface area contributed by atoms with E-state index in [1.54, 1.807) is 4.68 Å². The summed E-state index contributed by atoms with van der Waals surface area (Å²) in [7, 11) is 0. The van der Waals surface area contributed by atoms with Gasteiger partial charge in [0.05, 0.1) is 0 Å². The Morgan fingerprint density at radius 1 is 1.25 bits per heavy atom. The van der Waals surface area contributed by atoms with Gasteiger partial charge in [0.2, 0.25) is 0 Å². The zero-order valence-electron chi connectivity index (χ0n) is 9.17. The zero-order chi connectivity index (χ0) is 11.4. The molecule has 1 N–H and O–H groups in total. The number of aryl methyl sites for hydroxylation is 2. The molecule has 1 heterocycles. The van der Waals surface area contributed by atoms with Crippen molar-refractivity contribution in [3.05, 3.63) is 29.8 Å². The van der Waals surface area contributed by atoms with Crippen LogP contribution in [0.5, 0.6) is 0 Å². The molecule has 0 spiro atoms. The highest BCUT2D eigenvalue weighted by Gasteiger charge is 2.07. The molecular weight excluding hydrogens is 204 g/mol. The minimum atomic E-state index is 0.146. The number of aliphatic hydroxyl groups is 1. The van der Waals surface area contributed by atoms with Gasteiger partial charge in [0.1, 0.15) is 0 Å². The van der Waals surface area contributed by atoms with E-state index in [0.29, 0.717) is 13.0 Å². The monoisotopic (exact) mass is 218 g/mol. The number of aromatic nitrogens is 4. The first-order valence-electron chi connectivity index (χ1n) is 5.25. The van der Waals surface area contributed by atoms with Crippen molar-refractivity contribution in [3.8, 4) is 11.4 Å². The Kier molecular flexibility index (Phi) is 3.26. The predicted octanol–water partition coefficient (Wildman–Crippen LogP) is 1.03. The lowest BCUT2D eigenvalue weighted by Gasteiger charge is -2.03. The van der Waals surface area contributed by atoms with Gasteiger partial charge >= 0.3 is 0 Å². The summed E-state index contributed by atoms with van der Waals surface area (Å²) in [6.07, 6.45) is 0.657. The standard InChI is InChI=1S/C11H14N4O/c1-9-3-5-10(6-4-9)11-12-13-14-15(11)7-2-8-16/h3-6,16H,2,7-8H2,1H3. The molecule has 0 amide bonds. The normalized spacial score (nSPS) is 10.6. The SMILES string of the molecule is Cc1ccc(-c2nnnn2CCCO)cc1. The van der Waals surface area contributed by atoms with Gasteiger partial charge in [-0.3, -0.25) is 0 Å². The van der Waals surface area contributed by atoms with Gasteiger partial charge in [-0.15, -0.1) is 5.10 Å². The second-order valence-corrected chi connectivity index (χ2v) is 3.67. The molecule has 84 valence electrons. The first-order chi connectivity index (χ1) is 7.81. The third kappa shape index (κ3) is 2.25. The molecule has 16 heavy (non-hydrogen) atoms. The number of hydrogen-bond acceptors (Lipinski definition) is 4. The highest BCUT2D eigenvalue weighted by molar-refractivity contribution is 5.54. The smallest absolute Gasteiger partial charge is 0.182 e. The molecule has 0 aliphatic rings. The molecule has 0 atom stereocenters. The predicted molar refractivity (Wildman–Crippen MR) is 59.7 cm³/mol. The maximum absolute atomic E-state index is 8.78. The molecule has 2 rings (SSSR count). The van der Waals surface area contributed by atoms with Gasteiger partial charge in [0, 0.05) is 18.7 Å². The van der Waals surface area contributed by atoms with Crippen molar-refractivity contribution in [1.82, 2.24) is 20.2 Å². The molecule has 2 aromatic rings. The summed E-state index contributed by atoms with van der Waals surface area (Å²) < 4.78 is 1.71. The quantitative estimate of drug-likeness (QED) is 0.832. The number of rotatable bonds is 4. The molecule has 0 unspecified atom stereocenters. The molecule has 0 saturated carbocycles. The van der Waals surface area contributed by atoms with Crippen LogP contribution in [-0.2, 0) is 6.54 Å². The van der Waals surface area contributed by atoms with Crippen LogP contribution in [0.15, 0.2) is 24.3 Å². The Balaban J connectivity index is 2.26. The van der Waals surface area contributed by atoms with Crippen LogP contribution >= 0.6 is 0 Å². The van der Waals surface area contributed by atoms with Crippen LogP contribution in [0.25, 0.3) is 11.4 Å². The lowest BCUT2D eigenvalue weighted by Crippen LogP contribution is -2.04. The minimum absolute atomic E-state index is 0.146. The average Bonchev–Trinajstić information content (AvgIpc) is 2.75. The number of nitrogens with zero attached hydrogens (tertiary/aromatic N) is 4. The van der Waals surface area contributed by atoms with E-state index in [0.717, 1.165) is 11.4 Å². The molecule has 0 aliphatic heterocycles. The Hall–Kier alpha value is -1.75. The first-order valence-corrected chi connectivity index (χ1v) is 5.25. The van der Waals surface area contributed by atoms with E-state index in [2.05, 4.69) is 15.5 Å². The van der Waals surface area contributed by atoms with E-state index in [9.17, 15) is 0 Å². The van der Waals surface area contributed by atoms with E-state index < -0.39 is 0 Å². The van der Waals surface area contributed by atoms with Crippen molar-refractivity contribution in [2.24, 2.45) is 0 Å². The van der Waals surface area contributed by atoms with Crippen molar-refractivity contribution in [1.29, 1.82) is 0 Å². The van der Waals surface area contributed by atoms with Crippen LogP contribution in [-0.4, -0.2) is 31.9 Å². The van der Waals surface area contributed by atoms with Crippen molar-refractivity contribution >= 4 is 0 Å². The molecule has 1 aromatic carbocycles. The Labute approximate surface area is 93.7 Å². The van der Waals surface area contributed by atoms with E-state index in [1.165, 1.54) is 5.56 Å². The summed E-state index contributed by atoms with van der Waals surface area (Å²) in [5, 5.41) is 20.3. The summed E-state index contributed by atoms with van der Waals surface area (Å²) in [5.74, 6) is 0.744. The topological polar surface area (TPSA) is 63.8 Å². The second kappa shape index (κ2) is 4.85. The second-order valence-electron chi connectivity index (χ2n) is 3.67. The number of benzene rings is 1. The van der Waals surface area contributed by atoms with Gasteiger partial charge in [-0.25, -0.2) is 4.68 Å². The van der Waals surface area contributed by atoms with Crippen LogP contribution in [0.4, 0.5) is 0 Å². The molecule has 0 saturated heterocycles. The molecule has 5 nitrogen and oxygen atoms in total. The molecule has 0 radical (unpaired) electrons. The van der Waals surface area contributed by atoms with Gasteiger partial charge in [0.15, 0.2) is 5.82 Å². The van der Waals surface area contributed by atoms with Gasteiger partial charge < -0.3 is 5.11 Å². The fourth-order valence-corrected chi connectivity index (χ4v) is 1.49. The van der Waals surface area contributed by atoms with E-state index in [4.69, 9.17) is 5.11 Å². The summed E-state index contributed by atoms with van der Waals surface area (Å²) in [5.41, 5.74) is 2.20. The van der Waals surface area contributed by atoms with Gasteiger partial charge in [-0.05, 0) is 23.8 Å². The highest BCUT2D eigenvalue weighted by Crippen LogP contribution is 2.16. The Morgan fingerprint density at radius 2 is 2.00 bits per heavy atom. The molecule has 5 heteroatoms. The molecule has 0 bridgehead atoms. The number of hydrogen-bond donors (Lipinski definition) is 1. The van der Waals surface area contributed by atoms with Crippen molar-refractivity contribution in [2.45, 2.75) is 19.9 Å². The fraction of sp³-hybridized carbons (Fsp3) is 0.364. The van der Waals surface area contributed by atoms with Crippen LogP contribution < -0.4 is 0 Å². The fourth-order valence-electron chi connectivity index (χ4n) is 1.49. The summed E-state index contributed by atoms with van der Waals surface area (Å²) in [6.45, 7) is 2.82. The van der Waals surface area contributed by atoms with Gasteiger partial charge in [0.25, 0.3) is 0 Å². The molecule has 1 aromatic heterocycles. The van der Waals surface area contributed by atoms with Crippen molar-refractivity contribution < 1.29 is 5.11 Å². The van der Waals surface area contributed by atoms with E-state index >= 15 is 0 Å². The summed E-state index contributed by atoms with van der Waals surface area (Å²) in [4.78, 5) is 0. The largest absolute Gasteiger partial charge is 0.396 e. The first kappa shape index (κ1) is 10.8. The zero-order valence-corrected chi connectivity index (χ0v) is 9.17. The van der Waals surface area contributed by atoms with Gasteiger partial charge in [-0.2, -0.15) is 0 Å². The van der Waals surface area contributed by atoms with Crippen molar-refractivity contribution in [2.75, 3.05) is 6.61 Å². The van der Waals surface area contributed by atoms with Crippen LogP contribution in [0.1, 0.15) is 12.0 Å². The summed E-state index contributed by atoms with van der Waals surface area (Å²) >= 11 is 0. The molecule has 0 fully saturated rings. The molecule has 0 aliphatic carbocycles. The molecular formula is C11H14N4O. The van der Waals surface area contributed by atoms with Crippen LogP contribution in [0.3, 0.4) is 0 Å². The van der Waals surface area contributed by atoms with E-state index in [-0.39, 0.29) is 6.61 Å². The third-order valence-corrected chi connectivity index (χ3v) is 2.37. The van der Waals surface area contributed by atoms with Crippen LogP contribution in [0.2, 0.25) is 0 Å². The Bertz CT molecular complexity index is 449. The lowest BCUT2D eigenvalue weighted by atomic mass is 10.1. The van der Waals surface area contributed by atoms with Crippen molar-refractivity contribution in [3.63, 3.8) is 0 Å². The van der Waals surface area contributed by atoms with Gasteiger partial charge in [-0.1, -0.05) is 29.8 Å². The number of tetrazole rings is 1. The third-order valence-electron chi connectivity index (χ3n) is 2.37. The maximum atomic E-state index is 8.78. The average molecular weight is 218 g/mol. The Morgan fingerprint density at radius 3 is 2.69 bits per heavy atom. The van der Waals surface area contributed by atoms with E-state index in [1.807, 2.05) is 31.2 Å².